The number of anilines is 1. The Kier molecular flexibility index (Phi) is 6.30. The van der Waals surface area contributed by atoms with E-state index in [1.807, 2.05) is 6.07 Å². The molecule has 4 amide bonds. The summed E-state index contributed by atoms with van der Waals surface area (Å²) in [4.78, 5) is 51.3. The molecule has 0 radical (unpaired) electrons. The van der Waals surface area contributed by atoms with Crippen molar-refractivity contribution < 1.29 is 28.3 Å². The molecule has 2 aliphatic rings. The van der Waals surface area contributed by atoms with Gasteiger partial charge in [0.05, 0.1) is 12.5 Å². The van der Waals surface area contributed by atoms with Crippen LogP contribution in [-0.2, 0) is 19.1 Å². The number of rotatable bonds is 7. The van der Waals surface area contributed by atoms with E-state index in [0.717, 1.165) is 17.7 Å². The van der Waals surface area contributed by atoms with Crippen LogP contribution in [0.25, 0.3) is 0 Å². The molecule has 1 aromatic carbocycles. The molecule has 1 heterocycles. The first kappa shape index (κ1) is 21.2. The van der Waals surface area contributed by atoms with Crippen LogP contribution in [0.4, 0.5) is 14.9 Å². The highest BCUT2D eigenvalue weighted by molar-refractivity contribution is 6.09. The molecular formula is C20H21FN4O5. The van der Waals surface area contributed by atoms with Gasteiger partial charge in [-0.15, -0.1) is 0 Å². The molecular weight excluding hydrogens is 395 g/mol. The predicted molar refractivity (Wildman–Crippen MR) is 101 cm³/mol. The number of halogens is 1. The summed E-state index contributed by atoms with van der Waals surface area (Å²) in [6.45, 7) is -1.20. The number of esters is 1. The Bertz CT molecular complexity index is 889. The van der Waals surface area contributed by atoms with Gasteiger partial charge in [0.1, 0.15) is 17.9 Å². The molecule has 0 atom stereocenters. The first-order chi connectivity index (χ1) is 14.4. The van der Waals surface area contributed by atoms with Gasteiger partial charge < -0.3 is 15.0 Å². The second-order valence-corrected chi connectivity index (χ2v) is 7.20. The summed E-state index contributed by atoms with van der Waals surface area (Å²) in [7, 11) is 0. The zero-order chi connectivity index (χ0) is 21.7. The lowest BCUT2D eigenvalue weighted by Crippen LogP contribution is -2.44. The maximum Gasteiger partial charge on any atom is 0.326 e. The van der Waals surface area contributed by atoms with Crippen LogP contribution in [0.2, 0.25) is 0 Å². The average molecular weight is 416 g/mol. The van der Waals surface area contributed by atoms with Crippen molar-refractivity contribution in [2.75, 3.05) is 24.6 Å². The van der Waals surface area contributed by atoms with Crippen LogP contribution in [0.15, 0.2) is 24.3 Å². The second-order valence-electron chi connectivity index (χ2n) is 7.20. The number of hydrogen-bond donors (Lipinski definition) is 1. The van der Waals surface area contributed by atoms with Gasteiger partial charge in [-0.2, -0.15) is 5.26 Å². The number of nitrogens with one attached hydrogen (secondary N) is 1. The minimum Gasteiger partial charge on any atom is -0.454 e. The highest BCUT2D eigenvalue weighted by atomic mass is 19.1. The fourth-order valence-electron chi connectivity index (χ4n) is 3.71. The number of benzene rings is 1. The molecule has 2 fully saturated rings. The number of ether oxygens (including phenoxy) is 1. The molecule has 1 saturated carbocycles. The van der Waals surface area contributed by atoms with Crippen LogP contribution < -0.4 is 10.2 Å². The van der Waals surface area contributed by atoms with Gasteiger partial charge in [-0.25, -0.2) is 9.18 Å². The summed E-state index contributed by atoms with van der Waals surface area (Å²) in [5.41, 5.74) is -0.575. The number of urea groups is 1. The minimum absolute atomic E-state index is 0.0294. The van der Waals surface area contributed by atoms with Gasteiger partial charge in [-0.05, 0) is 37.1 Å². The van der Waals surface area contributed by atoms with E-state index in [-0.39, 0.29) is 13.0 Å². The SMILES string of the molecule is N#CCCN(C(=O)COC(=O)CN1C(=O)NC2(CCCC2)C1=O)c1ccc(F)cc1. The van der Waals surface area contributed by atoms with Crippen molar-refractivity contribution in [1.29, 1.82) is 5.26 Å². The highest BCUT2D eigenvalue weighted by Crippen LogP contribution is 2.34. The van der Waals surface area contributed by atoms with Crippen LogP contribution in [0.1, 0.15) is 32.1 Å². The first-order valence-corrected chi connectivity index (χ1v) is 9.59. The van der Waals surface area contributed by atoms with Gasteiger partial charge in [-0.3, -0.25) is 19.3 Å². The topological polar surface area (TPSA) is 120 Å². The fourth-order valence-corrected chi connectivity index (χ4v) is 3.71. The Hall–Kier alpha value is -3.48. The quantitative estimate of drug-likeness (QED) is 0.531. The monoisotopic (exact) mass is 416 g/mol. The lowest BCUT2D eigenvalue weighted by Gasteiger charge is -2.22. The third kappa shape index (κ3) is 4.40. The number of amides is 4. The molecule has 1 aliphatic carbocycles. The smallest absolute Gasteiger partial charge is 0.326 e. The summed E-state index contributed by atoms with van der Waals surface area (Å²) in [5.74, 6) is -2.45. The van der Waals surface area contributed by atoms with Crippen LogP contribution in [0.5, 0.6) is 0 Å². The van der Waals surface area contributed by atoms with Crippen LogP contribution in [0, 0.1) is 17.1 Å². The Morgan fingerprint density at radius 3 is 2.53 bits per heavy atom. The average Bonchev–Trinajstić information content (AvgIpc) is 3.28. The number of nitriles is 1. The van der Waals surface area contributed by atoms with E-state index in [4.69, 9.17) is 10.00 Å². The van der Waals surface area contributed by atoms with Crippen molar-refractivity contribution in [1.82, 2.24) is 10.2 Å². The van der Waals surface area contributed by atoms with E-state index >= 15 is 0 Å². The summed E-state index contributed by atoms with van der Waals surface area (Å²) in [6, 6.07) is 6.36. The first-order valence-electron chi connectivity index (χ1n) is 9.59. The van der Waals surface area contributed by atoms with Crippen molar-refractivity contribution in [2.24, 2.45) is 0 Å². The maximum atomic E-state index is 13.1. The van der Waals surface area contributed by atoms with E-state index < -0.39 is 48.3 Å². The van der Waals surface area contributed by atoms with Crippen LogP contribution >= 0.6 is 0 Å². The zero-order valence-electron chi connectivity index (χ0n) is 16.2. The summed E-state index contributed by atoms with van der Waals surface area (Å²) >= 11 is 0. The lowest BCUT2D eigenvalue weighted by molar-refractivity contribution is -0.150. The maximum absolute atomic E-state index is 13.1. The Labute approximate surface area is 172 Å². The normalized spacial score (nSPS) is 17.0. The summed E-state index contributed by atoms with van der Waals surface area (Å²) in [5, 5.41) is 11.5. The largest absolute Gasteiger partial charge is 0.454 e. The number of nitrogens with zero attached hydrogens (tertiary/aromatic N) is 3. The molecule has 1 aromatic rings. The van der Waals surface area contributed by atoms with Crippen molar-refractivity contribution in [3.63, 3.8) is 0 Å². The molecule has 1 spiro atoms. The third-order valence-electron chi connectivity index (χ3n) is 5.23. The number of hydrogen-bond acceptors (Lipinski definition) is 6. The van der Waals surface area contributed by atoms with Gasteiger partial charge in [-0.1, -0.05) is 12.8 Å². The Balaban J connectivity index is 1.58. The van der Waals surface area contributed by atoms with E-state index in [1.54, 1.807) is 0 Å². The van der Waals surface area contributed by atoms with E-state index in [9.17, 15) is 23.6 Å². The molecule has 9 nitrogen and oxygen atoms in total. The molecule has 1 aliphatic heterocycles. The van der Waals surface area contributed by atoms with E-state index in [1.165, 1.54) is 29.2 Å². The van der Waals surface area contributed by atoms with E-state index in [0.29, 0.717) is 18.5 Å². The van der Waals surface area contributed by atoms with Crippen molar-refractivity contribution in [3.05, 3.63) is 30.1 Å². The third-order valence-corrected chi connectivity index (χ3v) is 5.23. The van der Waals surface area contributed by atoms with Gasteiger partial charge in [0.2, 0.25) is 0 Å². The molecule has 0 bridgehead atoms. The van der Waals surface area contributed by atoms with Gasteiger partial charge in [0.25, 0.3) is 11.8 Å². The van der Waals surface area contributed by atoms with E-state index in [2.05, 4.69) is 5.32 Å². The van der Waals surface area contributed by atoms with Crippen LogP contribution in [-0.4, -0.2) is 54.0 Å². The van der Waals surface area contributed by atoms with Crippen molar-refractivity contribution in [2.45, 2.75) is 37.6 Å². The van der Waals surface area contributed by atoms with Gasteiger partial charge in [0.15, 0.2) is 6.61 Å². The Morgan fingerprint density at radius 2 is 1.90 bits per heavy atom. The highest BCUT2D eigenvalue weighted by Gasteiger charge is 2.52. The lowest BCUT2D eigenvalue weighted by atomic mass is 9.98. The Morgan fingerprint density at radius 1 is 1.23 bits per heavy atom. The summed E-state index contributed by atoms with van der Waals surface area (Å²) < 4.78 is 18.1. The van der Waals surface area contributed by atoms with Gasteiger partial charge >= 0.3 is 12.0 Å². The van der Waals surface area contributed by atoms with Gasteiger partial charge in [0, 0.05) is 12.2 Å². The standard InChI is InChI=1S/C20H21FN4O5/c21-14-4-6-15(7-5-14)24(11-3-10-22)16(26)13-30-17(27)12-25-18(28)20(23-19(25)29)8-1-2-9-20/h4-7H,1-3,8-9,11-13H2,(H,23,29). The second kappa shape index (κ2) is 8.90. The minimum atomic E-state index is -0.927. The molecule has 3 rings (SSSR count). The molecule has 0 unspecified atom stereocenters. The molecule has 1 saturated heterocycles. The fraction of sp³-hybridized carbons (Fsp3) is 0.450. The molecule has 10 heteroatoms. The molecule has 30 heavy (non-hydrogen) atoms. The number of carbonyl (C=O) groups excluding carboxylic acids is 4. The number of imide groups is 1. The predicted octanol–water partition coefficient (Wildman–Crippen LogP) is 1.48. The molecule has 1 N–H and O–H groups in total. The molecule has 0 aromatic heterocycles. The number of carbonyl (C=O) groups is 4. The molecule has 158 valence electrons. The van der Waals surface area contributed by atoms with Crippen molar-refractivity contribution in [3.8, 4) is 6.07 Å². The van der Waals surface area contributed by atoms with Crippen molar-refractivity contribution >= 4 is 29.5 Å². The summed E-state index contributed by atoms with van der Waals surface area (Å²) in [6.07, 6.45) is 2.74. The zero-order valence-corrected chi connectivity index (χ0v) is 16.2. The van der Waals surface area contributed by atoms with Crippen LogP contribution in [0.3, 0.4) is 0 Å².